The summed E-state index contributed by atoms with van der Waals surface area (Å²) in [6.45, 7) is 0.314. The Morgan fingerprint density at radius 3 is 2.45 bits per heavy atom. The molecule has 3 heterocycles. The Morgan fingerprint density at radius 2 is 1.70 bits per heavy atom. The van der Waals surface area contributed by atoms with Crippen molar-refractivity contribution in [1.82, 2.24) is 24.7 Å². The molecule has 0 saturated heterocycles. The maximum absolute atomic E-state index is 15.0. The minimum absolute atomic E-state index is 0.0827. The number of rotatable bonds is 11. The molecule has 0 aliphatic rings. The Bertz CT molecular complexity index is 1620. The summed E-state index contributed by atoms with van der Waals surface area (Å²) in [4.78, 5) is 13.2. The number of aromatic nitrogens is 5. The number of pyridine rings is 1. The number of nitrogens with one attached hydrogen (secondary N) is 1. The number of fused-ring (bicyclic) bond motifs is 1. The highest BCUT2D eigenvalue weighted by molar-refractivity contribution is 5.92. The number of hydrogen-bond acceptors (Lipinski definition) is 9. The first kappa shape index (κ1) is 26.8. The first-order chi connectivity index (χ1) is 19.5. The molecule has 0 amide bonds. The van der Waals surface area contributed by atoms with E-state index in [2.05, 4.69) is 25.4 Å². The van der Waals surface area contributed by atoms with E-state index in [9.17, 15) is 8.78 Å². The normalized spacial score (nSPS) is 11.0. The van der Waals surface area contributed by atoms with Crippen LogP contribution in [0.15, 0.2) is 61.1 Å². The van der Waals surface area contributed by atoms with E-state index >= 15 is 0 Å². The van der Waals surface area contributed by atoms with Crippen LogP contribution in [0.5, 0.6) is 17.2 Å². The summed E-state index contributed by atoms with van der Waals surface area (Å²) < 4.78 is 52.6. The lowest BCUT2D eigenvalue weighted by Crippen LogP contribution is -2.09. The summed E-state index contributed by atoms with van der Waals surface area (Å²) >= 11 is 0. The molecule has 3 aromatic heterocycles. The number of para-hydroxylation sites is 1. The Labute approximate surface area is 228 Å². The van der Waals surface area contributed by atoms with Gasteiger partial charge in [-0.1, -0.05) is 18.2 Å². The Balaban J connectivity index is 1.52. The zero-order chi connectivity index (χ0) is 28.1. The minimum Gasteiger partial charge on any atom is -0.493 e. The molecule has 0 radical (unpaired) electrons. The van der Waals surface area contributed by atoms with Gasteiger partial charge in [-0.3, -0.25) is 9.67 Å². The molecule has 0 unspecified atom stereocenters. The van der Waals surface area contributed by atoms with Crippen molar-refractivity contribution in [2.45, 2.75) is 6.54 Å². The zero-order valence-electron chi connectivity index (χ0n) is 22.0. The standard InChI is InChI=1S/C28H26F2N6O4/c1-37-10-11-40-17-12-20(29)19(21(30)13-17)16-36-23-7-5-4-6-18(23)26(35-36)28-32-15-25(39-3)27(34-28)33-22-8-9-31-14-24(22)38-2/h4-9,12-15H,10-11,16H2,1-3H3,(H,31,32,33,34). The number of halogens is 2. The minimum atomic E-state index is -0.743. The molecule has 0 bridgehead atoms. The second-order valence-corrected chi connectivity index (χ2v) is 8.54. The summed E-state index contributed by atoms with van der Waals surface area (Å²) in [6, 6.07) is 11.4. The van der Waals surface area contributed by atoms with Gasteiger partial charge in [0.25, 0.3) is 0 Å². The van der Waals surface area contributed by atoms with Crippen LogP contribution < -0.4 is 19.5 Å². The largest absolute Gasteiger partial charge is 0.493 e. The van der Waals surface area contributed by atoms with Gasteiger partial charge in [-0.2, -0.15) is 5.10 Å². The zero-order valence-corrected chi connectivity index (χ0v) is 22.0. The molecule has 0 spiro atoms. The van der Waals surface area contributed by atoms with Crippen LogP contribution >= 0.6 is 0 Å². The Hall–Kier alpha value is -4.84. The summed E-state index contributed by atoms with van der Waals surface area (Å²) in [7, 11) is 4.56. The number of methoxy groups -OCH3 is 3. The van der Waals surface area contributed by atoms with Crippen molar-refractivity contribution in [2.24, 2.45) is 0 Å². The maximum Gasteiger partial charge on any atom is 0.183 e. The molecule has 40 heavy (non-hydrogen) atoms. The summed E-state index contributed by atoms with van der Waals surface area (Å²) in [5, 5.41) is 8.57. The molecular weight excluding hydrogens is 522 g/mol. The second-order valence-electron chi connectivity index (χ2n) is 8.54. The van der Waals surface area contributed by atoms with E-state index in [0.717, 1.165) is 12.1 Å². The molecule has 2 aromatic carbocycles. The Kier molecular flexibility index (Phi) is 7.97. The van der Waals surface area contributed by atoms with Crippen molar-refractivity contribution in [3.05, 3.63) is 78.3 Å². The first-order valence-electron chi connectivity index (χ1n) is 12.2. The highest BCUT2D eigenvalue weighted by atomic mass is 19.1. The van der Waals surface area contributed by atoms with Gasteiger partial charge in [-0.05, 0) is 12.1 Å². The molecule has 0 aliphatic carbocycles. The van der Waals surface area contributed by atoms with E-state index in [4.69, 9.17) is 18.9 Å². The lowest BCUT2D eigenvalue weighted by molar-refractivity contribution is 0.146. The van der Waals surface area contributed by atoms with Gasteiger partial charge in [0, 0.05) is 36.4 Å². The average Bonchev–Trinajstić information content (AvgIpc) is 3.34. The number of benzene rings is 2. The van der Waals surface area contributed by atoms with Crippen molar-refractivity contribution in [2.75, 3.05) is 39.9 Å². The predicted molar refractivity (Wildman–Crippen MR) is 144 cm³/mol. The third-order valence-electron chi connectivity index (χ3n) is 6.08. The van der Waals surface area contributed by atoms with E-state index in [-0.39, 0.29) is 30.3 Å². The molecule has 0 aliphatic heterocycles. The molecule has 0 atom stereocenters. The topological polar surface area (TPSA) is 105 Å². The average molecular weight is 549 g/mol. The van der Waals surface area contributed by atoms with Crippen LogP contribution in [-0.4, -0.2) is 59.3 Å². The maximum atomic E-state index is 15.0. The van der Waals surface area contributed by atoms with Crippen LogP contribution in [0.3, 0.4) is 0 Å². The van der Waals surface area contributed by atoms with Crippen molar-refractivity contribution >= 4 is 22.4 Å². The highest BCUT2D eigenvalue weighted by Gasteiger charge is 2.20. The van der Waals surface area contributed by atoms with E-state index in [1.165, 1.54) is 32.2 Å². The molecule has 0 fully saturated rings. The predicted octanol–water partition coefficient (Wildman–Crippen LogP) is 5.00. The molecule has 206 valence electrons. The first-order valence-corrected chi connectivity index (χ1v) is 12.2. The number of hydrogen-bond donors (Lipinski definition) is 1. The van der Waals surface area contributed by atoms with Gasteiger partial charge < -0.3 is 24.3 Å². The van der Waals surface area contributed by atoms with E-state index in [1.54, 1.807) is 18.5 Å². The van der Waals surface area contributed by atoms with Crippen LogP contribution in [0.4, 0.5) is 20.3 Å². The fourth-order valence-corrected chi connectivity index (χ4v) is 4.12. The molecule has 1 N–H and O–H groups in total. The van der Waals surface area contributed by atoms with Gasteiger partial charge in [-0.15, -0.1) is 0 Å². The van der Waals surface area contributed by atoms with Gasteiger partial charge in [0.15, 0.2) is 23.1 Å². The van der Waals surface area contributed by atoms with Crippen molar-refractivity contribution in [3.63, 3.8) is 0 Å². The van der Waals surface area contributed by atoms with E-state index in [1.807, 2.05) is 24.3 Å². The van der Waals surface area contributed by atoms with Crippen LogP contribution in [0, 0.1) is 11.6 Å². The van der Waals surface area contributed by atoms with Crippen LogP contribution in [0.2, 0.25) is 0 Å². The third kappa shape index (κ3) is 5.47. The van der Waals surface area contributed by atoms with Gasteiger partial charge in [0.2, 0.25) is 0 Å². The summed E-state index contributed by atoms with van der Waals surface area (Å²) in [5.41, 5.74) is 1.56. The summed E-state index contributed by atoms with van der Waals surface area (Å²) in [5.74, 6) is 0.158. The molecular formula is C28H26F2N6O4. The smallest absolute Gasteiger partial charge is 0.183 e. The van der Waals surface area contributed by atoms with E-state index in [0.29, 0.717) is 46.2 Å². The van der Waals surface area contributed by atoms with Crippen molar-refractivity contribution in [3.8, 4) is 28.8 Å². The fraction of sp³-hybridized carbons (Fsp3) is 0.214. The van der Waals surface area contributed by atoms with Gasteiger partial charge in [0.05, 0.1) is 51.0 Å². The van der Waals surface area contributed by atoms with Crippen molar-refractivity contribution < 1.29 is 27.7 Å². The third-order valence-corrected chi connectivity index (χ3v) is 6.08. The number of nitrogens with zero attached hydrogens (tertiary/aromatic N) is 5. The van der Waals surface area contributed by atoms with Crippen molar-refractivity contribution in [1.29, 1.82) is 0 Å². The van der Waals surface area contributed by atoms with Crippen LogP contribution in [0.1, 0.15) is 5.56 Å². The van der Waals surface area contributed by atoms with Crippen LogP contribution in [-0.2, 0) is 11.3 Å². The van der Waals surface area contributed by atoms with Gasteiger partial charge in [0.1, 0.15) is 29.7 Å². The molecule has 5 rings (SSSR count). The van der Waals surface area contributed by atoms with Gasteiger partial charge >= 0.3 is 0 Å². The lowest BCUT2D eigenvalue weighted by atomic mass is 10.1. The van der Waals surface area contributed by atoms with Crippen LogP contribution in [0.25, 0.3) is 22.4 Å². The molecule has 5 aromatic rings. The van der Waals surface area contributed by atoms with E-state index < -0.39 is 11.6 Å². The monoisotopic (exact) mass is 548 g/mol. The second kappa shape index (κ2) is 11.9. The lowest BCUT2D eigenvalue weighted by Gasteiger charge is -2.13. The fourth-order valence-electron chi connectivity index (χ4n) is 4.12. The molecule has 12 heteroatoms. The molecule has 0 saturated carbocycles. The summed E-state index contributed by atoms with van der Waals surface area (Å²) in [6.07, 6.45) is 4.71. The number of ether oxygens (including phenoxy) is 4. The van der Waals surface area contributed by atoms with Gasteiger partial charge in [-0.25, -0.2) is 18.7 Å². The Morgan fingerprint density at radius 1 is 0.925 bits per heavy atom. The quantitative estimate of drug-likeness (QED) is 0.228. The molecule has 10 nitrogen and oxygen atoms in total. The SMILES string of the molecule is COCCOc1cc(F)c(Cn2nc(-c3ncc(OC)c(Nc4ccncc4OC)n3)c3ccccc32)c(F)c1. The highest BCUT2D eigenvalue weighted by Crippen LogP contribution is 2.33. The number of anilines is 2.